The van der Waals surface area contributed by atoms with Gasteiger partial charge in [0.1, 0.15) is 11.5 Å². The molecular formula is C12H14N2O2. The number of phenolic OH excluding ortho intramolecular Hbond substituents is 2. The molecule has 0 atom stereocenters. The van der Waals surface area contributed by atoms with Gasteiger partial charge < -0.3 is 15.6 Å². The maximum absolute atomic E-state index is 8.65. The Hall–Kier alpha value is -2.20. The molecule has 0 aromatic heterocycles. The third-order valence-corrected chi connectivity index (χ3v) is 1.77. The molecule has 0 amide bonds. The van der Waals surface area contributed by atoms with E-state index in [-0.39, 0.29) is 11.5 Å². The lowest BCUT2D eigenvalue weighted by atomic mass is 10.3. The summed E-state index contributed by atoms with van der Waals surface area (Å²) in [6, 6.07) is 15.5. The van der Waals surface area contributed by atoms with Crippen molar-refractivity contribution >= 4 is 5.69 Å². The second-order valence-corrected chi connectivity index (χ2v) is 3.03. The minimum absolute atomic E-state index is 0.0880. The fourth-order valence-corrected chi connectivity index (χ4v) is 1.03. The molecule has 4 nitrogen and oxygen atoms in total. The molecule has 0 aliphatic rings. The van der Waals surface area contributed by atoms with Gasteiger partial charge >= 0.3 is 0 Å². The van der Waals surface area contributed by atoms with Crippen molar-refractivity contribution in [2.24, 2.45) is 5.84 Å². The number of nitrogen functional groups attached to an aromatic ring is 1. The molecule has 2 aromatic rings. The summed E-state index contributed by atoms with van der Waals surface area (Å²) >= 11 is 0. The molecule has 0 saturated carbocycles. The normalized spacial score (nSPS) is 8.81. The van der Waals surface area contributed by atoms with Crippen molar-refractivity contribution in [2.45, 2.75) is 0 Å². The average molecular weight is 218 g/mol. The summed E-state index contributed by atoms with van der Waals surface area (Å²) in [5.74, 6) is 5.28. The predicted molar refractivity (Wildman–Crippen MR) is 64.0 cm³/mol. The molecule has 0 heterocycles. The number of anilines is 1. The van der Waals surface area contributed by atoms with Gasteiger partial charge in [-0.05, 0) is 24.3 Å². The summed E-state index contributed by atoms with van der Waals surface area (Å²) < 4.78 is 0. The SMILES string of the molecule is NNc1ccccc1.Oc1cccc(O)c1. The van der Waals surface area contributed by atoms with Crippen molar-refractivity contribution in [1.29, 1.82) is 0 Å². The highest BCUT2D eigenvalue weighted by Gasteiger charge is 1.85. The summed E-state index contributed by atoms with van der Waals surface area (Å²) in [6.07, 6.45) is 0. The van der Waals surface area contributed by atoms with E-state index in [2.05, 4.69) is 5.43 Å². The van der Waals surface area contributed by atoms with Gasteiger partial charge in [0.15, 0.2) is 0 Å². The average Bonchev–Trinajstić information content (AvgIpc) is 2.31. The number of benzene rings is 2. The lowest BCUT2D eigenvalue weighted by Gasteiger charge is -1.94. The zero-order valence-electron chi connectivity index (χ0n) is 8.67. The van der Waals surface area contributed by atoms with Crippen LogP contribution in [0.2, 0.25) is 0 Å². The predicted octanol–water partition coefficient (Wildman–Crippen LogP) is 2.07. The van der Waals surface area contributed by atoms with E-state index in [0.717, 1.165) is 5.69 Å². The van der Waals surface area contributed by atoms with Crippen molar-refractivity contribution < 1.29 is 10.2 Å². The summed E-state index contributed by atoms with van der Waals surface area (Å²) in [5.41, 5.74) is 3.46. The number of phenols is 2. The van der Waals surface area contributed by atoms with Crippen LogP contribution >= 0.6 is 0 Å². The van der Waals surface area contributed by atoms with Crippen molar-refractivity contribution in [1.82, 2.24) is 0 Å². The number of hydrazine groups is 1. The van der Waals surface area contributed by atoms with E-state index in [0.29, 0.717) is 0 Å². The molecule has 0 aliphatic carbocycles. The minimum atomic E-state index is 0.0880. The van der Waals surface area contributed by atoms with E-state index in [9.17, 15) is 0 Å². The van der Waals surface area contributed by atoms with Crippen molar-refractivity contribution in [3.63, 3.8) is 0 Å². The highest BCUT2D eigenvalue weighted by Crippen LogP contribution is 2.14. The van der Waals surface area contributed by atoms with Gasteiger partial charge in [-0.25, -0.2) is 0 Å². The first kappa shape index (κ1) is 11.9. The van der Waals surface area contributed by atoms with Crippen molar-refractivity contribution in [3.8, 4) is 11.5 Å². The van der Waals surface area contributed by atoms with Crippen LogP contribution in [0.15, 0.2) is 54.6 Å². The number of nitrogens with two attached hydrogens (primary N) is 1. The Morgan fingerprint density at radius 1 is 0.812 bits per heavy atom. The lowest BCUT2D eigenvalue weighted by molar-refractivity contribution is 0.450. The van der Waals surface area contributed by atoms with Crippen LogP contribution in [0.1, 0.15) is 0 Å². The molecule has 5 N–H and O–H groups in total. The monoisotopic (exact) mass is 218 g/mol. The quantitative estimate of drug-likeness (QED) is 0.436. The van der Waals surface area contributed by atoms with E-state index in [1.807, 2.05) is 30.3 Å². The van der Waals surface area contributed by atoms with E-state index < -0.39 is 0 Å². The molecule has 0 unspecified atom stereocenters. The number of para-hydroxylation sites is 1. The number of hydrogen-bond donors (Lipinski definition) is 4. The van der Waals surface area contributed by atoms with Gasteiger partial charge in [-0.15, -0.1) is 0 Å². The topological polar surface area (TPSA) is 78.5 Å². The molecule has 2 aromatic carbocycles. The van der Waals surface area contributed by atoms with Gasteiger partial charge in [0.25, 0.3) is 0 Å². The lowest BCUT2D eigenvalue weighted by Crippen LogP contribution is -2.05. The van der Waals surface area contributed by atoms with Gasteiger partial charge in [-0.2, -0.15) is 0 Å². The molecule has 2 rings (SSSR count). The first-order chi connectivity index (χ1) is 7.72. The summed E-state index contributed by atoms with van der Waals surface area (Å²) in [4.78, 5) is 0. The maximum Gasteiger partial charge on any atom is 0.119 e. The van der Waals surface area contributed by atoms with Gasteiger partial charge in [-0.1, -0.05) is 24.3 Å². The molecular weight excluding hydrogens is 204 g/mol. The fourth-order valence-electron chi connectivity index (χ4n) is 1.03. The zero-order valence-corrected chi connectivity index (χ0v) is 8.67. The standard InChI is InChI=1S/C6H8N2.C6H6O2/c7-8-6-4-2-1-3-5-6;7-5-2-1-3-6(8)4-5/h1-5,8H,7H2;1-4,7-8H. The highest BCUT2D eigenvalue weighted by atomic mass is 16.3. The smallest absolute Gasteiger partial charge is 0.119 e. The van der Waals surface area contributed by atoms with Crippen LogP contribution in [0.5, 0.6) is 11.5 Å². The molecule has 16 heavy (non-hydrogen) atoms. The molecule has 0 radical (unpaired) electrons. The van der Waals surface area contributed by atoms with Gasteiger partial charge in [0, 0.05) is 11.8 Å². The third kappa shape index (κ3) is 4.34. The van der Waals surface area contributed by atoms with Crippen LogP contribution in [0, 0.1) is 0 Å². The molecule has 0 bridgehead atoms. The Labute approximate surface area is 93.9 Å². The number of rotatable bonds is 1. The van der Waals surface area contributed by atoms with E-state index >= 15 is 0 Å². The molecule has 0 aliphatic heterocycles. The van der Waals surface area contributed by atoms with Crippen molar-refractivity contribution in [2.75, 3.05) is 5.43 Å². The van der Waals surface area contributed by atoms with Crippen LogP contribution in [0.4, 0.5) is 5.69 Å². The summed E-state index contributed by atoms with van der Waals surface area (Å²) in [7, 11) is 0. The Bertz CT molecular complexity index is 401. The minimum Gasteiger partial charge on any atom is -0.508 e. The van der Waals surface area contributed by atoms with Crippen LogP contribution < -0.4 is 11.3 Å². The first-order valence-electron chi connectivity index (χ1n) is 4.72. The van der Waals surface area contributed by atoms with Gasteiger partial charge in [0.05, 0.1) is 0 Å². The van der Waals surface area contributed by atoms with Crippen LogP contribution in [-0.4, -0.2) is 10.2 Å². The molecule has 84 valence electrons. The highest BCUT2D eigenvalue weighted by molar-refractivity contribution is 5.40. The summed E-state index contributed by atoms with van der Waals surface area (Å²) in [6.45, 7) is 0. The molecule has 0 saturated heterocycles. The molecule has 0 spiro atoms. The second kappa shape index (κ2) is 6.31. The number of aromatic hydroxyl groups is 2. The fraction of sp³-hybridized carbons (Fsp3) is 0. The van der Waals surface area contributed by atoms with Crippen LogP contribution in [0.3, 0.4) is 0 Å². The zero-order chi connectivity index (χ0) is 11.8. The van der Waals surface area contributed by atoms with E-state index in [1.54, 1.807) is 6.07 Å². The second-order valence-electron chi connectivity index (χ2n) is 3.03. The Balaban J connectivity index is 0.000000160. The number of nitrogens with one attached hydrogen (secondary N) is 1. The largest absolute Gasteiger partial charge is 0.508 e. The van der Waals surface area contributed by atoms with Gasteiger partial charge in [-0.3, -0.25) is 5.84 Å². The van der Waals surface area contributed by atoms with Gasteiger partial charge in [0.2, 0.25) is 0 Å². The maximum atomic E-state index is 8.65. The Kier molecular flexibility index (Phi) is 4.69. The van der Waals surface area contributed by atoms with Crippen molar-refractivity contribution in [3.05, 3.63) is 54.6 Å². The number of hydrogen-bond acceptors (Lipinski definition) is 4. The summed E-state index contributed by atoms with van der Waals surface area (Å²) in [5, 5.41) is 17.3. The van der Waals surface area contributed by atoms with Crippen LogP contribution in [0.25, 0.3) is 0 Å². The molecule has 4 heteroatoms. The van der Waals surface area contributed by atoms with E-state index in [1.165, 1.54) is 18.2 Å². The third-order valence-electron chi connectivity index (χ3n) is 1.77. The van der Waals surface area contributed by atoms with E-state index in [4.69, 9.17) is 16.1 Å². The Morgan fingerprint density at radius 3 is 1.69 bits per heavy atom. The Morgan fingerprint density at radius 2 is 1.38 bits per heavy atom. The first-order valence-corrected chi connectivity index (χ1v) is 4.72. The molecule has 0 fully saturated rings. The van der Waals surface area contributed by atoms with Crippen LogP contribution in [-0.2, 0) is 0 Å².